The Morgan fingerprint density at radius 2 is 2.11 bits per heavy atom. The molecule has 2 rings (SSSR count). The third-order valence-corrected chi connectivity index (χ3v) is 2.92. The molecule has 1 atom stereocenters. The van der Waals surface area contributed by atoms with Crippen LogP contribution >= 0.6 is 0 Å². The lowest BCUT2D eigenvalue weighted by molar-refractivity contribution is 0.579. The number of aromatic nitrogens is 1. The lowest BCUT2D eigenvalue weighted by Crippen LogP contribution is -2.16. The molecule has 1 aromatic carbocycles. The van der Waals surface area contributed by atoms with Crippen LogP contribution in [0.4, 0.5) is 10.2 Å². The zero-order valence-corrected chi connectivity index (χ0v) is 10.2. The van der Waals surface area contributed by atoms with Gasteiger partial charge in [-0.15, -0.1) is 0 Å². The highest BCUT2D eigenvalue weighted by atomic mass is 19.1. The maximum absolute atomic E-state index is 13.7. The number of hydrogen-bond donors (Lipinski definition) is 2. The van der Waals surface area contributed by atoms with Crippen LogP contribution in [0.2, 0.25) is 0 Å². The summed E-state index contributed by atoms with van der Waals surface area (Å²) in [5, 5.41) is 0. The van der Waals surface area contributed by atoms with Gasteiger partial charge in [0, 0.05) is 17.8 Å². The van der Waals surface area contributed by atoms with Gasteiger partial charge in [-0.1, -0.05) is 23.8 Å². The second-order valence-corrected chi connectivity index (χ2v) is 4.38. The molecule has 94 valence electrons. The summed E-state index contributed by atoms with van der Waals surface area (Å²) in [5.74, 6) is 0.163. The number of hydrogen-bond acceptors (Lipinski definition) is 3. The Kier molecular flexibility index (Phi) is 3.58. The molecule has 0 aliphatic rings. The van der Waals surface area contributed by atoms with Gasteiger partial charge >= 0.3 is 0 Å². The summed E-state index contributed by atoms with van der Waals surface area (Å²) in [5.41, 5.74) is 14.1. The van der Waals surface area contributed by atoms with Crippen molar-refractivity contribution < 1.29 is 4.39 Å². The van der Waals surface area contributed by atoms with Gasteiger partial charge in [-0.05, 0) is 31.0 Å². The van der Waals surface area contributed by atoms with E-state index in [0.717, 1.165) is 11.1 Å². The van der Waals surface area contributed by atoms with Crippen LogP contribution in [0.3, 0.4) is 0 Å². The molecule has 3 nitrogen and oxygen atoms in total. The van der Waals surface area contributed by atoms with Crippen molar-refractivity contribution in [2.75, 3.05) is 5.73 Å². The first-order valence-electron chi connectivity index (χ1n) is 5.79. The molecule has 0 aliphatic heterocycles. The van der Waals surface area contributed by atoms with E-state index in [4.69, 9.17) is 11.5 Å². The third kappa shape index (κ3) is 2.65. The SMILES string of the molecule is Cc1ccc(F)c(C(N)Cc2cccnc2N)c1. The van der Waals surface area contributed by atoms with Gasteiger partial charge in [0.1, 0.15) is 11.6 Å². The Morgan fingerprint density at radius 1 is 1.33 bits per heavy atom. The van der Waals surface area contributed by atoms with Crippen molar-refractivity contribution in [3.8, 4) is 0 Å². The van der Waals surface area contributed by atoms with E-state index in [0.29, 0.717) is 17.8 Å². The summed E-state index contributed by atoms with van der Waals surface area (Å²) >= 11 is 0. The Labute approximate surface area is 106 Å². The highest BCUT2D eigenvalue weighted by Gasteiger charge is 2.13. The van der Waals surface area contributed by atoms with Gasteiger partial charge < -0.3 is 11.5 Å². The highest BCUT2D eigenvalue weighted by molar-refractivity contribution is 5.40. The van der Waals surface area contributed by atoms with Gasteiger partial charge in [-0.25, -0.2) is 9.37 Å². The van der Waals surface area contributed by atoms with Crippen LogP contribution in [0, 0.1) is 12.7 Å². The summed E-state index contributed by atoms with van der Waals surface area (Å²) in [6.07, 6.45) is 2.09. The summed E-state index contributed by atoms with van der Waals surface area (Å²) in [4.78, 5) is 3.99. The minimum absolute atomic E-state index is 0.282. The standard InChI is InChI=1S/C14H16FN3/c1-9-4-5-12(15)11(7-9)13(16)8-10-3-2-6-18-14(10)17/h2-7,13H,8,16H2,1H3,(H2,17,18). The quantitative estimate of drug-likeness (QED) is 0.872. The molecule has 2 aromatic rings. The van der Waals surface area contributed by atoms with Crippen LogP contribution in [0.1, 0.15) is 22.7 Å². The molecule has 4 N–H and O–H groups in total. The Balaban J connectivity index is 2.25. The minimum Gasteiger partial charge on any atom is -0.383 e. The van der Waals surface area contributed by atoms with E-state index in [1.54, 1.807) is 24.4 Å². The first-order chi connectivity index (χ1) is 8.58. The Bertz CT molecular complexity index is 554. The molecule has 0 bridgehead atoms. The number of aryl methyl sites for hydroxylation is 1. The first kappa shape index (κ1) is 12.5. The van der Waals surface area contributed by atoms with Gasteiger partial charge in [-0.3, -0.25) is 0 Å². The van der Waals surface area contributed by atoms with E-state index in [9.17, 15) is 4.39 Å². The molecule has 1 aromatic heterocycles. The summed E-state index contributed by atoms with van der Waals surface area (Å²) in [7, 11) is 0. The fourth-order valence-electron chi connectivity index (χ4n) is 1.92. The number of nitrogens with zero attached hydrogens (tertiary/aromatic N) is 1. The van der Waals surface area contributed by atoms with Gasteiger partial charge in [0.2, 0.25) is 0 Å². The molecule has 1 heterocycles. The lowest BCUT2D eigenvalue weighted by atomic mass is 9.98. The fourth-order valence-corrected chi connectivity index (χ4v) is 1.92. The average molecular weight is 245 g/mol. The second kappa shape index (κ2) is 5.14. The number of anilines is 1. The molecule has 0 amide bonds. The molecule has 0 aliphatic carbocycles. The van der Waals surface area contributed by atoms with Crippen LogP contribution in [-0.4, -0.2) is 4.98 Å². The van der Waals surface area contributed by atoms with Gasteiger partial charge in [0.15, 0.2) is 0 Å². The van der Waals surface area contributed by atoms with Crippen molar-refractivity contribution in [1.29, 1.82) is 0 Å². The zero-order valence-electron chi connectivity index (χ0n) is 10.2. The van der Waals surface area contributed by atoms with Gasteiger partial charge in [0.05, 0.1) is 0 Å². The fraction of sp³-hybridized carbons (Fsp3) is 0.214. The van der Waals surface area contributed by atoms with Crippen LogP contribution in [0.25, 0.3) is 0 Å². The molecule has 0 fully saturated rings. The number of pyridine rings is 1. The molecule has 1 unspecified atom stereocenters. The number of nitrogen functional groups attached to an aromatic ring is 1. The van der Waals surface area contributed by atoms with Crippen LogP contribution in [-0.2, 0) is 6.42 Å². The number of benzene rings is 1. The van der Waals surface area contributed by atoms with E-state index in [1.165, 1.54) is 6.07 Å². The van der Waals surface area contributed by atoms with Crippen molar-refractivity contribution in [2.45, 2.75) is 19.4 Å². The van der Waals surface area contributed by atoms with E-state index in [2.05, 4.69) is 4.98 Å². The van der Waals surface area contributed by atoms with Gasteiger partial charge in [-0.2, -0.15) is 0 Å². The normalized spacial score (nSPS) is 12.4. The zero-order chi connectivity index (χ0) is 13.1. The minimum atomic E-state index is -0.420. The summed E-state index contributed by atoms with van der Waals surface area (Å²) < 4.78 is 13.7. The van der Waals surface area contributed by atoms with Crippen molar-refractivity contribution in [1.82, 2.24) is 4.98 Å². The van der Waals surface area contributed by atoms with Crippen molar-refractivity contribution in [3.63, 3.8) is 0 Å². The van der Waals surface area contributed by atoms with E-state index < -0.39 is 6.04 Å². The Morgan fingerprint density at radius 3 is 2.83 bits per heavy atom. The monoisotopic (exact) mass is 245 g/mol. The topological polar surface area (TPSA) is 64.9 Å². The molecule has 0 radical (unpaired) electrons. The largest absolute Gasteiger partial charge is 0.383 e. The first-order valence-corrected chi connectivity index (χ1v) is 5.79. The van der Waals surface area contributed by atoms with Crippen LogP contribution < -0.4 is 11.5 Å². The third-order valence-electron chi connectivity index (χ3n) is 2.92. The number of nitrogens with two attached hydrogens (primary N) is 2. The van der Waals surface area contributed by atoms with E-state index in [-0.39, 0.29) is 5.82 Å². The van der Waals surface area contributed by atoms with Crippen LogP contribution in [0.5, 0.6) is 0 Å². The molecule has 4 heteroatoms. The summed E-state index contributed by atoms with van der Waals surface area (Å²) in [6, 6.07) is 8.17. The predicted octanol–water partition coefficient (Wildman–Crippen LogP) is 2.35. The van der Waals surface area contributed by atoms with E-state index >= 15 is 0 Å². The maximum atomic E-state index is 13.7. The van der Waals surface area contributed by atoms with Crippen molar-refractivity contribution in [2.24, 2.45) is 5.73 Å². The number of halogens is 1. The Hall–Kier alpha value is -1.94. The molecular weight excluding hydrogens is 229 g/mol. The smallest absolute Gasteiger partial charge is 0.128 e. The predicted molar refractivity (Wildman–Crippen MR) is 70.4 cm³/mol. The summed E-state index contributed by atoms with van der Waals surface area (Å²) in [6.45, 7) is 1.91. The van der Waals surface area contributed by atoms with Crippen molar-refractivity contribution in [3.05, 3.63) is 59.0 Å². The molecule has 18 heavy (non-hydrogen) atoms. The number of rotatable bonds is 3. The van der Waals surface area contributed by atoms with Gasteiger partial charge in [0.25, 0.3) is 0 Å². The molecule has 0 saturated heterocycles. The second-order valence-electron chi connectivity index (χ2n) is 4.38. The van der Waals surface area contributed by atoms with Crippen molar-refractivity contribution >= 4 is 5.82 Å². The average Bonchev–Trinajstić information content (AvgIpc) is 2.35. The van der Waals surface area contributed by atoms with Crippen LogP contribution in [0.15, 0.2) is 36.5 Å². The molecular formula is C14H16FN3. The van der Waals surface area contributed by atoms with E-state index in [1.807, 2.05) is 13.0 Å². The maximum Gasteiger partial charge on any atom is 0.128 e. The highest BCUT2D eigenvalue weighted by Crippen LogP contribution is 2.22. The molecule has 0 saturated carbocycles. The molecule has 0 spiro atoms. The lowest BCUT2D eigenvalue weighted by Gasteiger charge is -2.14.